The number of benzene rings is 12. The number of hydrogen-bond donors (Lipinski definition) is 12. The molecular weight excluding hydrogens is 1770 g/mol. The van der Waals surface area contributed by atoms with Gasteiger partial charge >= 0.3 is 23.9 Å². The van der Waals surface area contributed by atoms with Crippen molar-refractivity contribution in [1.29, 1.82) is 0 Å². The maximum atomic E-state index is 12.0. The average Bonchev–Trinajstić information content (AvgIpc) is 0.832. The van der Waals surface area contributed by atoms with E-state index < -0.39 is 0 Å². The summed E-state index contributed by atoms with van der Waals surface area (Å²) in [7, 11) is 4.91. The van der Waals surface area contributed by atoms with Gasteiger partial charge in [0, 0.05) is 81.1 Å². The largest absolute Gasteiger partial charge is 0.497 e. The molecule has 0 fully saturated rings. The molecule has 712 valence electrons. The van der Waals surface area contributed by atoms with Crippen molar-refractivity contribution in [3.8, 4) is 28.7 Å². The lowest BCUT2D eigenvalue weighted by molar-refractivity contribution is -0.134. The van der Waals surface area contributed by atoms with Crippen LogP contribution in [0.25, 0.3) is 0 Å². The lowest BCUT2D eigenvalue weighted by Gasteiger charge is -2.13. The SMILES string of the molecule is CCOC(=O)c1ccc(Nc2nc(Nc3ccc(OC(=O)CC)cc3)nc(Nc3cccc(C)c3)n2)cc1.CCOC(=O)c1ccc(Nc2nc(Nc3ccc(OC(=O)CC)cc3)nc(Nc3ccccc3CC)n2)cc1.COc1ccc(Nc2nc(Nc3ccc(C)cc3)nc(Nc3ccc(C)cc3)n2)cc1.COc1ccc(Nc2nc(Nc3ccc(OC)cc3)nc(Nc3cccc(C)c3)n2)cc1. The number of aromatic nitrogens is 12. The fourth-order valence-corrected chi connectivity index (χ4v) is 12.8. The number of para-hydroxylation sites is 1. The Hall–Kier alpha value is -18.4. The van der Waals surface area contributed by atoms with E-state index in [0.717, 1.165) is 85.9 Å². The Morgan fingerprint density at radius 3 is 0.700 bits per heavy atom. The van der Waals surface area contributed by atoms with E-state index in [1.807, 2.05) is 222 Å². The third kappa shape index (κ3) is 31.1. The molecule has 0 aliphatic rings. The number of aryl methyl sites for hydroxylation is 5. The number of esters is 4. The summed E-state index contributed by atoms with van der Waals surface area (Å²) >= 11 is 0. The lowest BCUT2D eigenvalue weighted by atomic mass is 10.1. The van der Waals surface area contributed by atoms with Crippen LogP contribution < -0.4 is 87.5 Å². The normalized spacial score (nSPS) is 10.4. The monoisotopic (exact) mass is 1880 g/mol. The second-order valence-corrected chi connectivity index (χ2v) is 30.7. The van der Waals surface area contributed by atoms with E-state index in [0.29, 0.717) is 137 Å². The fraction of sp³-hybridized carbons (Fsp3) is 0.162. The second kappa shape index (κ2) is 50.1. The fourth-order valence-electron chi connectivity index (χ4n) is 12.8. The molecule has 35 heteroatoms. The Labute approximate surface area is 810 Å². The molecule has 16 aromatic rings. The molecule has 0 aliphatic heterocycles. The van der Waals surface area contributed by atoms with Gasteiger partial charge in [0.1, 0.15) is 28.7 Å². The van der Waals surface area contributed by atoms with Gasteiger partial charge in [-0.3, -0.25) is 9.59 Å². The van der Waals surface area contributed by atoms with Crippen LogP contribution in [0.5, 0.6) is 28.7 Å². The van der Waals surface area contributed by atoms with Crippen LogP contribution in [0.4, 0.5) is 140 Å². The van der Waals surface area contributed by atoms with Crippen molar-refractivity contribution in [2.24, 2.45) is 0 Å². The van der Waals surface area contributed by atoms with E-state index in [1.54, 1.807) is 146 Å². The molecule has 12 N–H and O–H groups in total. The number of carbonyl (C=O) groups is 4. The minimum absolute atomic E-state index is 0.287. The van der Waals surface area contributed by atoms with Gasteiger partial charge in [0.05, 0.1) is 45.7 Å². The van der Waals surface area contributed by atoms with Crippen molar-refractivity contribution in [2.45, 2.75) is 81.6 Å². The first kappa shape index (κ1) is 99.0. The van der Waals surface area contributed by atoms with Crippen LogP contribution in [-0.4, -0.2) is 118 Å². The van der Waals surface area contributed by atoms with Crippen LogP contribution in [0.1, 0.15) is 96.0 Å². The maximum absolute atomic E-state index is 12.0. The molecule has 12 aromatic carbocycles. The Morgan fingerprint density at radius 1 is 0.236 bits per heavy atom. The Bertz CT molecular complexity index is 6650. The van der Waals surface area contributed by atoms with E-state index in [9.17, 15) is 19.2 Å². The highest BCUT2D eigenvalue weighted by Gasteiger charge is 2.18. The first-order valence-corrected chi connectivity index (χ1v) is 44.8. The van der Waals surface area contributed by atoms with E-state index in [1.165, 1.54) is 11.1 Å². The van der Waals surface area contributed by atoms with Crippen LogP contribution in [0.3, 0.4) is 0 Å². The van der Waals surface area contributed by atoms with Crippen LogP contribution in [0.2, 0.25) is 0 Å². The quantitative estimate of drug-likeness (QED) is 0.0128. The molecule has 0 aliphatic carbocycles. The van der Waals surface area contributed by atoms with Crippen LogP contribution in [0, 0.1) is 27.7 Å². The first-order valence-electron chi connectivity index (χ1n) is 44.8. The molecule has 4 heterocycles. The van der Waals surface area contributed by atoms with Gasteiger partial charge in [-0.25, -0.2) is 9.59 Å². The molecule has 0 amide bonds. The van der Waals surface area contributed by atoms with E-state index in [4.69, 9.17) is 33.2 Å². The van der Waals surface area contributed by atoms with Crippen LogP contribution >= 0.6 is 0 Å². The Morgan fingerprint density at radius 2 is 0.464 bits per heavy atom. The van der Waals surface area contributed by atoms with Gasteiger partial charge in [-0.2, -0.15) is 59.8 Å². The summed E-state index contributed by atoms with van der Waals surface area (Å²) in [5.74, 6) is 6.20. The number of anilines is 24. The molecular formula is C105H106N24O11. The van der Waals surface area contributed by atoms with Gasteiger partial charge in [-0.15, -0.1) is 0 Å². The zero-order valence-corrected chi connectivity index (χ0v) is 79.1. The molecule has 0 saturated carbocycles. The highest BCUT2D eigenvalue weighted by atomic mass is 16.5. The van der Waals surface area contributed by atoms with Gasteiger partial charge in [0.2, 0.25) is 71.4 Å². The third-order valence-electron chi connectivity index (χ3n) is 20.0. The second-order valence-electron chi connectivity index (χ2n) is 30.7. The Balaban J connectivity index is 0.000000158. The van der Waals surface area contributed by atoms with Crippen molar-refractivity contribution >= 4 is 164 Å². The molecule has 0 spiro atoms. The number of ether oxygens (including phenoxy) is 7. The van der Waals surface area contributed by atoms with Gasteiger partial charge < -0.3 is 97.0 Å². The average molecular weight is 1880 g/mol. The summed E-state index contributed by atoms with van der Waals surface area (Å²) in [6.07, 6.45) is 1.43. The van der Waals surface area contributed by atoms with Crippen molar-refractivity contribution < 1.29 is 52.3 Å². The number of methoxy groups -OCH3 is 3. The Kier molecular flexibility index (Phi) is 35.4. The topological polar surface area (TPSA) is 432 Å². The van der Waals surface area contributed by atoms with Crippen molar-refractivity contribution in [2.75, 3.05) is 98.3 Å². The highest BCUT2D eigenvalue weighted by molar-refractivity contribution is 5.91. The smallest absolute Gasteiger partial charge is 0.338 e. The molecule has 0 atom stereocenters. The van der Waals surface area contributed by atoms with Crippen molar-refractivity contribution in [3.05, 3.63) is 330 Å². The minimum atomic E-state index is -0.384. The van der Waals surface area contributed by atoms with Gasteiger partial charge in [0.15, 0.2) is 0 Å². The van der Waals surface area contributed by atoms with E-state index in [-0.39, 0.29) is 29.8 Å². The summed E-state index contributed by atoms with van der Waals surface area (Å²) in [6, 6.07) is 89.9. The van der Waals surface area contributed by atoms with Gasteiger partial charge in [-0.1, -0.05) is 98.6 Å². The number of nitrogens with one attached hydrogen (secondary N) is 12. The summed E-state index contributed by atoms with van der Waals surface area (Å²) in [5.41, 5.74) is 16.3. The number of hydrogen-bond acceptors (Lipinski definition) is 35. The number of nitrogens with zero attached hydrogens (tertiary/aromatic N) is 12. The molecule has 140 heavy (non-hydrogen) atoms. The minimum Gasteiger partial charge on any atom is -0.497 e. The van der Waals surface area contributed by atoms with Crippen molar-refractivity contribution in [3.63, 3.8) is 0 Å². The summed E-state index contributed by atoms with van der Waals surface area (Å²) in [4.78, 5) is 101. The van der Waals surface area contributed by atoms with Gasteiger partial charge in [-0.05, 0) is 289 Å². The standard InChI is InChI=1S/C29H30N6O4.C28H28N6O4.C24H24N6O2.C24H24N6O/c1-4-19-9-7-8-10-24(19)32-29-34-27(30-21-13-11-20(12-14-21)26(37)38-6-3)33-28(35-29)31-22-15-17-23(18-16-22)39-25(36)5-2;1-4-24(35)38-23-15-13-21(14-16-23)30-27-32-26(29-20-11-9-19(10-12-20)25(36)37-5-2)33-28(34-27)31-22-8-6-7-18(3)17-22;1-16-5-4-6-19(15-16)27-24-29-22(25-17-7-11-20(31-2)12-8-17)28-23(30-24)26-18-9-13-21(32-3)14-10-18;1-16-4-8-18(9-5-16)25-22-28-23(26-19-10-6-17(2)7-11-19)30-24(29-22)27-20-12-14-21(31-3)15-13-20/h7-18H,4-6H2,1-3H3,(H3,30,31,32,33,34,35);6-17H,4-5H2,1-3H3,(H3,29,30,31,32,33,34);4-15H,1-3H3,(H3,25,26,27,28,29,30);4-15H,1-3H3,(H3,25,26,27,28,29,30). The molecule has 0 saturated heterocycles. The molecule has 0 radical (unpaired) electrons. The number of rotatable bonds is 36. The molecule has 0 unspecified atom stereocenters. The molecule has 0 bridgehead atoms. The zero-order valence-electron chi connectivity index (χ0n) is 79.1. The summed E-state index contributed by atoms with van der Waals surface area (Å²) in [6.45, 7) is 17.8. The zero-order chi connectivity index (χ0) is 98.5. The first-order chi connectivity index (χ1) is 68.0. The molecule has 35 nitrogen and oxygen atoms in total. The highest BCUT2D eigenvalue weighted by Crippen LogP contribution is 2.32. The van der Waals surface area contributed by atoms with Gasteiger partial charge in [0.25, 0.3) is 0 Å². The van der Waals surface area contributed by atoms with Crippen LogP contribution in [0.15, 0.2) is 291 Å². The van der Waals surface area contributed by atoms with E-state index in [2.05, 4.69) is 131 Å². The predicted molar refractivity (Wildman–Crippen MR) is 548 cm³/mol. The van der Waals surface area contributed by atoms with Crippen LogP contribution in [-0.2, 0) is 25.5 Å². The van der Waals surface area contributed by atoms with Crippen molar-refractivity contribution in [1.82, 2.24) is 59.8 Å². The summed E-state index contributed by atoms with van der Waals surface area (Å²) < 4.78 is 36.2. The van der Waals surface area contributed by atoms with E-state index >= 15 is 0 Å². The predicted octanol–water partition coefficient (Wildman–Crippen LogP) is 23.2. The third-order valence-corrected chi connectivity index (χ3v) is 20.0. The molecule has 4 aromatic heterocycles. The molecule has 16 rings (SSSR count). The summed E-state index contributed by atoms with van der Waals surface area (Å²) in [5, 5.41) is 38.6. The number of carbonyl (C=O) groups excluding carboxylic acids is 4. The maximum Gasteiger partial charge on any atom is 0.338 e. The lowest BCUT2D eigenvalue weighted by Crippen LogP contribution is -2.08.